The predicted octanol–water partition coefficient (Wildman–Crippen LogP) is 2.70. The molecule has 0 amide bonds. The number of nitrogens with one attached hydrogen (secondary N) is 1. The summed E-state index contributed by atoms with van der Waals surface area (Å²) >= 11 is 0. The van der Waals surface area contributed by atoms with E-state index in [0.717, 1.165) is 30.2 Å². The Kier molecular flexibility index (Phi) is 4.70. The van der Waals surface area contributed by atoms with Gasteiger partial charge in [0.1, 0.15) is 0 Å². The van der Waals surface area contributed by atoms with E-state index in [1.807, 2.05) is 12.1 Å². The summed E-state index contributed by atoms with van der Waals surface area (Å²) in [7, 11) is 1.65. The molecule has 0 saturated heterocycles. The monoisotopic (exact) mass is 251 g/mol. The lowest BCUT2D eigenvalue weighted by molar-refractivity contribution is 0.171. The molecule has 1 aliphatic rings. The molecule has 2 rings (SSSR count). The standard InChI is InChI=1S/C14H21NO3/c1-3-4-5-6-15-9-11-7-12(16-2)14-13(8-11)17-10-18-14/h7-8,15H,3-6,9-10H2,1-2H3. The van der Waals surface area contributed by atoms with Gasteiger partial charge in [-0.25, -0.2) is 0 Å². The number of hydrogen-bond acceptors (Lipinski definition) is 4. The molecular weight excluding hydrogens is 230 g/mol. The number of hydrogen-bond donors (Lipinski definition) is 1. The van der Waals surface area contributed by atoms with Gasteiger partial charge in [-0.05, 0) is 30.7 Å². The second-order valence-electron chi connectivity index (χ2n) is 4.42. The van der Waals surface area contributed by atoms with Crippen LogP contribution in [0.25, 0.3) is 0 Å². The first kappa shape index (κ1) is 13.0. The van der Waals surface area contributed by atoms with Crippen molar-refractivity contribution in [3.05, 3.63) is 17.7 Å². The lowest BCUT2D eigenvalue weighted by atomic mass is 10.1. The average molecular weight is 251 g/mol. The number of unbranched alkanes of at least 4 members (excludes halogenated alkanes) is 2. The number of benzene rings is 1. The van der Waals surface area contributed by atoms with Crippen LogP contribution in [0.4, 0.5) is 0 Å². The lowest BCUT2D eigenvalue weighted by Gasteiger charge is -2.09. The molecule has 1 heterocycles. The van der Waals surface area contributed by atoms with Crippen LogP contribution in [0.5, 0.6) is 17.2 Å². The SMILES string of the molecule is CCCCCNCc1cc(OC)c2c(c1)OCO2. The minimum absolute atomic E-state index is 0.277. The fourth-order valence-electron chi connectivity index (χ4n) is 2.02. The van der Waals surface area contributed by atoms with Crippen molar-refractivity contribution >= 4 is 0 Å². The van der Waals surface area contributed by atoms with Crippen molar-refractivity contribution in [1.29, 1.82) is 0 Å². The predicted molar refractivity (Wildman–Crippen MR) is 70.3 cm³/mol. The fraction of sp³-hybridized carbons (Fsp3) is 0.571. The summed E-state index contributed by atoms with van der Waals surface area (Å²) in [5.74, 6) is 2.24. The maximum Gasteiger partial charge on any atom is 0.231 e. The van der Waals surface area contributed by atoms with Gasteiger partial charge in [-0.15, -0.1) is 0 Å². The van der Waals surface area contributed by atoms with Gasteiger partial charge in [0.25, 0.3) is 0 Å². The number of ether oxygens (including phenoxy) is 3. The van der Waals surface area contributed by atoms with Gasteiger partial charge in [-0.1, -0.05) is 19.8 Å². The maximum atomic E-state index is 5.40. The maximum absolute atomic E-state index is 5.40. The van der Waals surface area contributed by atoms with Gasteiger partial charge >= 0.3 is 0 Å². The molecule has 4 nitrogen and oxygen atoms in total. The highest BCUT2D eigenvalue weighted by molar-refractivity contribution is 5.55. The topological polar surface area (TPSA) is 39.7 Å². The number of rotatable bonds is 7. The van der Waals surface area contributed by atoms with Crippen molar-refractivity contribution in [2.75, 3.05) is 20.4 Å². The van der Waals surface area contributed by atoms with E-state index in [1.54, 1.807) is 7.11 Å². The molecule has 0 unspecified atom stereocenters. The van der Waals surface area contributed by atoms with Crippen LogP contribution in [0.1, 0.15) is 31.7 Å². The third kappa shape index (κ3) is 3.07. The highest BCUT2D eigenvalue weighted by atomic mass is 16.7. The van der Waals surface area contributed by atoms with Crippen molar-refractivity contribution in [1.82, 2.24) is 5.32 Å². The van der Waals surface area contributed by atoms with Gasteiger partial charge in [-0.3, -0.25) is 0 Å². The molecule has 1 aliphatic heterocycles. The highest BCUT2D eigenvalue weighted by Gasteiger charge is 2.19. The number of methoxy groups -OCH3 is 1. The summed E-state index contributed by atoms with van der Waals surface area (Å²) in [6.07, 6.45) is 3.75. The van der Waals surface area contributed by atoms with E-state index >= 15 is 0 Å². The molecule has 0 fully saturated rings. The second kappa shape index (κ2) is 6.50. The smallest absolute Gasteiger partial charge is 0.231 e. The van der Waals surface area contributed by atoms with Crippen LogP contribution < -0.4 is 19.5 Å². The third-order valence-corrected chi connectivity index (χ3v) is 3.00. The van der Waals surface area contributed by atoms with Crippen LogP contribution in [0, 0.1) is 0 Å². The van der Waals surface area contributed by atoms with Gasteiger partial charge in [-0.2, -0.15) is 0 Å². The fourth-order valence-corrected chi connectivity index (χ4v) is 2.02. The molecule has 1 aromatic rings. The van der Waals surface area contributed by atoms with Crippen molar-refractivity contribution in [2.45, 2.75) is 32.7 Å². The Labute approximate surface area is 108 Å². The Bertz CT molecular complexity index is 393. The van der Waals surface area contributed by atoms with Gasteiger partial charge in [0, 0.05) is 6.54 Å². The molecule has 0 spiro atoms. The molecule has 18 heavy (non-hydrogen) atoms. The molecule has 1 N–H and O–H groups in total. The summed E-state index contributed by atoms with van der Waals surface area (Å²) in [4.78, 5) is 0. The summed E-state index contributed by atoms with van der Waals surface area (Å²) in [6, 6.07) is 4.01. The first-order valence-electron chi connectivity index (χ1n) is 6.52. The van der Waals surface area contributed by atoms with Gasteiger partial charge < -0.3 is 19.5 Å². The Balaban J connectivity index is 1.93. The number of fused-ring (bicyclic) bond motifs is 1. The van der Waals surface area contributed by atoms with Crippen molar-refractivity contribution < 1.29 is 14.2 Å². The zero-order valence-corrected chi connectivity index (χ0v) is 11.1. The molecule has 0 aliphatic carbocycles. The zero-order chi connectivity index (χ0) is 12.8. The van der Waals surface area contributed by atoms with Crippen LogP contribution in [0.3, 0.4) is 0 Å². The minimum atomic E-state index is 0.277. The summed E-state index contributed by atoms with van der Waals surface area (Å²) in [6.45, 7) is 4.36. The highest BCUT2D eigenvalue weighted by Crippen LogP contribution is 2.41. The Morgan fingerprint density at radius 3 is 2.94 bits per heavy atom. The molecule has 1 aromatic carbocycles. The van der Waals surface area contributed by atoms with E-state index in [9.17, 15) is 0 Å². The molecule has 0 atom stereocenters. The molecule has 0 saturated carbocycles. The molecule has 0 radical (unpaired) electrons. The van der Waals surface area contributed by atoms with Crippen LogP contribution >= 0.6 is 0 Å². The summed E-state index contributed by atoms with van der Waals surface area (Å²) in [5.41, 5.74) is 1.16. The normalized spacial score (nSPS) is 12.8. The van der Waals surface area contributed by atoms with E-state index in [-0.39, 0.29) is 6.79 Å². The molecular formula is C14H21NO3. The average Bonchev–Trinajstić information content (AvgIpc) is 2.85. The van der Waals surface area contributed by atoms with Gasteiger partial charge in [0.15, 0.2) is 11.5 Å². The van der Waals surface area contributed by atoms with E-state index in [2.05, 4.69) is 12.2 Å². The van der Waals surface area contributed by atoms with E-state index in [0.29, 0.717) is 5.75 Å². The molecule has 100 valence electrons. The Morgan fingerprint density at radius 1 is 1.28 bits per heavy atom. The molecule has 4 heteroatoms. The summed E-state index contributed by atoms with van der Waals surface area (Å²) in [5, 5.41) is 3.43. The Hall–Kier alpha value is -1.42. The minimum Gasteiger partial charge on any atom is -0.493 e. The van der Waals surface area contributed by atoms with Crippen LogP contribution in [0.2, 0.25) is 0 Å². The van der Waals surface area contributed by atoms with Crippen molar-refractivity contribution in [2.24, 2.45) is 0 Å². The quantitative estimate of drug-likeness (QED) is 0.756. The van der Waals surface area contributed by atoms with Crippen molar-refractivity contribution in [3.8, 4) is 17.2 Å². The second-order valence-corrected chi connectivity index (χ2v) is 4.42. The zero-order valence-electron chi connectivity index (χ0n) is 11.1. The van der Waals surface area contributed by atoms with Crippen molar-refractivity contribution in [3.63, 3.8) is 0 Å². The van der Waals surface area contributed by atoms with Crippen LogP contribution in [-0.2, 0) is 6.54 Å². The Morgan fingerprint density at radius 2 is 2.17 bits per heavy atom. The first-order valence-corrected chi connectivity index (χ1v) is 6.52. The van der Waals surface area contributed by atoms with Gasteiger partial charge in [0.05, 0.1) is 7.11 Å². The van der Waals surface area contributed by atoms with E-state index in [1.165, 1.54) is 19.3 Å². The van der Waals surface area contributed by atoms with Gasteiger partial charge in [0.2, 0.25) is 12.5 Å². The third-order valence-electron chi connectivity index (χ3n) is 3.00. The molecule has 0 aromatic heterocycles. The first-order chi connectivity index (χ1) is 8.85. The lowest BCUT2D eigenvalue weighted by Crippen LogP contribution is -2.14. The molecule has 0 bridgehead atoms. The van der Waals surface area contributed by atoms with E-state index < -0.39 is 0 Å². The largest absolute Gasteiger partial charge is 0.493 e. The summed E-state index contributed by atoms with van der Waals surface area (Å²) < 4.78 is 16.1. The van der Waals surface area contributed by atoms with E-state index in [4.69, 9.17) is 14.2 Å². The van der Waals surface area contributed by atoms with Crippen LogP contribution in [-0.4, -0.2) is 20.4 Å². The van der Waals surface area contributed by atoms with Crippen LogP contribution in [0.15, 0.2) is 12.1 Å².